The number of rotatable bonds is 11. The number of hydrogen-bond acceptors (Lipinski definition) is 7. The molecule has 1 aromatic heterocycles. The van der Waals surface area contributed by atoms with Crippen LogP contribution in [-0.4, -0.2) is 54.9 Å². The van der Waals surface area contributed by atoms with E-state index in [1.807, 2.05) is 20.8 Å². The van der Waals surface area contributed by atoms with Crippen molar-refractivity contribution in [3.63, 3.8) is 0 Å². The SMILES string of the molecule is COc1cccc(OC)c1-c1cc(C(=O)NC2(C(=O)O)C3CC4CC(C3)CC2C4)nn1-c1ccc(NS(=O)(=O)c2ccc(C)cc2)cc1C(C)C.Cl. The van der Waals surface area contributed by atoms with Gasteiger partial charge in [0.1, 0.15) is 17.0 Å². The highest BCUT2D eigenvalue weighted by Crippen LogP contribution is 2.58. The van der Waals surface area contributed by atoms with E-state index in [2.05, 4.69) is 10.0 Å². The Balaban J connectivity index is 0.00000464. The van der Waals surface area contributed by atoms with Crippen LogP contribution in [0.1, 0.15) is 73.5 Å². The summed E-state index contributed by atoms with van der Waals surface area (Å²) in [5.41, 5.74) is 2.41. The zero-order chi connectivity index (χ0) is 36.2. The van der Waals surface area contributed by atoms with Gasteiger partial charge in [-0.05, 0) is 123 Å². The number of carbonyl (C=O) groups is 2. The molecular formula is C39H45ClN4O7S. The number of ether oxygens (including phenoxy) is 2. The molecular weight excluding hydrogens is 704 g/mol. The summed E-state index contributed by atoms with van der Waals surface area (Å²) in [6, 6.07) is 18.8. The van der Waals surface area contributed by atoms with Gasteiger partial charge in [0.05, 0.1) is 36.1 Å². The fourth-order valence-electron chi connectivity index (χ4n) is 8.95. The van der Waals surface area contributed by atoms with Crippen molar-refractivity contribution in [2.75, 3.05) is 18.9 Å². The fourth-order valence-corrected chi connectivity index (χ4v) is 10.00. The topological polar surface area (TPSA) is 149 Å². The lowest BCUT2D eigenvalue weighted by atomic mass is 9.48. The molecule has 13 heteroatoms. The van der Waals surface area contributed by atoms with Crippen LogP contribution in [0.15, 0.2) is 71.6 Å². The van der Waals surface area contributed by atoms with Crippen molar-refractivity contribution in [3.8, 4) is 28.4 Å². The van der Waals surface area contributed by atoms with Crippen molar-refractivity contribution in [1.82, 2.24) is 15.1 Å². The van der Waals surface area contributed by atoms with E-state index in [0.717, 1.165) is 43.2 Å². The van der Waals surface area contributed by atoms with Gasteiger partial charge in [-0.1, -0.05) is 37.6 Å². The molecule has 4 aromatic rings. The Morgan fingerprint density at radius 2 is 1.50 bits per heavy atom. The summed E-state index contributed by atoms with van der Waals surface area (Å²) in [5, 5.41) is 18.6. The Morgan fingerprint density at radius 1 is 0.904 bits per heavy atom. The fraction of sp³-hybridized carbons (Fsp3) is 0.410. The summed E-state index contributed by atoms with van der Waals surface area (Å²) in [7, 11) is -0.776. The highest BCUT2D eigenvalue weighted by molar-refractivity contribution is 7.92. The third kappa shape index (κ3) is 6.40. The van der Waals surface area contributed by atoms with Gasteiger partial charge in [-0.2, -0.15) is 5.10 Å². The van der Waals surface area contributed by atoms with Crippen LogP contribution in [0.3, 0.4) is 0 Å². The number of hydrogen-bond donors (Lipinski definition) is 3. The lowest BCUT2D eigenvalue weighted by Gasteiger charge is -2.59. The smallest absolute Gasteiger partial charge is 0.330 e. The average Bonchev–Trinajstić information content (AvgIpc) is 3.54. The van der Waals surface area contributed by atoms with Gasteiger partial charge in [-0.15, -0.1) is 12.4 Å². The third-order valence-corrected chi connectivity index (χ3v) is 12.6. The highest BCUT2D eigenvalue weighted by atomic mass is 35.5. The van der Waals surface area contributed by atoms with Crippen LogP contribution < -0.4 is 19.5 Å². The Hall–Kier alpha value is -4.55. The molecule has 4 saturated carbocycles. The summed E-state index contributed by atoms with van der Waals surface area (Å²) in [4.78, 5) is 27.5. The first-order valence-corrected chi connectivity index (χ1v) is 18.9. The molecule has 0 spiro atoms. The minimum atomic E-state index is -3.87. The summed E-state index contributed by atoms with van der Waals surface area (Å²) in [6.45, 7) is 5.87. The zero-order valence-electron chi connectivity index (χ0n) is 29.9. The molecule has 52 heavy (non-hydrogen) atoms. The molecule has 4 bridgehead atoms. The van der Waals surface area contributed by atoms with Gasteiger partial charge in [0.25, 0.3) is 15.9 Å². The molecule has 3 N–H and O–H groups in total. The minimum Gasteiger partial charge on any atom is -0.496 e. The van der Waals surface area contributed by atoms with Gasteiger partial charge in [0.15, 0.2) is 5.69 Å². The van der Waals surface area contributed by atoms with Crippen molar-refractivity contribution < 1.29 is 32.6 Å². The molecule has 4 fully saturated rings. The van der Waals surface area contributed by atoms with Gasteiger partial charge in [-0.3, -0.25) is 9.52 Å². The molecule has 3 aromatic carbocycles. The minimum absolute atomic E-state index is 0. The number of amides is 1. The standard InChI is InChI=1S/C39H44N4O7S.ClH/c1-22(2)30-20-28(42-51(47,48)29-12-9-23(3)10-13-29)11-14-32(30)43-33(36-34(49-4)7-6-8-35(36)50-5)21-31(41-43)37(44)40-39(38(45)46)26-16-24-15-25(18-26)19-27(39)17-24;/h6-14,20-22,24-27,42H,15-19H2,1-5H3,(H,40,44)(H,45,46);1H. The number of carboxylic acid groups (broad SMARTS) is 1. The molecule has 8 rings (SSSR count). The lowest BCUT2D eigenvalue weighted by molar-refractivity contribution is -0.163. The maximum absolute atomic E-state index is 14.3. The van der Waals surface area contributed by atoms with Crippen LogP contribution in [0.5, 0.6) is 11.5 Å². The number of sulfonamides is 1. The Kier molecular flexibility index (Phi) is 10.1. The van der Waals surface area contributed by atoms with Crippen molar-refractivity contribution in [2.24, 2.45) is 23.7 Å². The van der Waals surface area contributed by atoms with Gasteiger partial charge >= 0.3 is 5.97 Å². The first kappa shape index (κ1) is 37.2. The van der Waals surface area contributed by atoms with Crippen LogP contribution in [-0.2, 0) is 14.8 Å². The molecule has 0 atom stereocenters. The van der Waals surface area contributed by atoms with Crippen molar-refractivity contribution in [1.29, 1.82) is 0 Å². The highest BCUT2D eigenvalue weighted by Gasteiger charge is 2.62. The predicted molar refractivity (Wildman–Crippen MR) is 200 cm³/mol. The van der Waals surface area contributed by atoms with E-state index < -0.39 is 27.4 Å². The van der Waals surface area contributed by atoms with Gasteiger partial charge in [-0.25, -0.2) is 17.9 Å². The number of carbonyl (C=O) groups excluding carboxylic acids is 1. The van der Waals surface area contributed by atoms with E-state index in [1.165, 1.54) is 0 Å². The molecule has 4 aliphatic rings. The number of aryl methyl sites for hydroxylation is 1. The zero-order valence-corrected chi connectivity index (χ0v) is 31.5. The molecule has 11 nitrogen and oxygen atoms in total. The molecule has 0 radical (unpaired) electrons. The maximum atomic E-state index is 14.3. The summed E-state index contributed by atoms with van der Waals surface area (Å²) in [5.74, 6) is 0.0941. The molecule has 276 valence electrons. The molecule has 0 unspecified atom stereocenters. The van der Waals surface area contributed by atoms with E-state index in [-0.39, 0.29) is 40.8 Å². The van der Waals surface area contributed by atoms with E-state index in [9.17, 15) is 23.1 Å². The second-order valence-corrected chi connectivity index (χ2v) is 16.3. The van der Waals surface area contributed by atoms with Crippen LogP contribution in [0.25, 0.3) is 16.9 Å². The Labute approximate surface area is 310 Å². The predicted octanol–water partition coefficient (Wildman–Crippen LogP) is 7.22. The van der Waals surface area contributed by atoms with E-state index >= 15 is 0 Å². The normalized spacial score (nSPS) is 23.2. The number of methoxy groups -OCH3 is 2. The molecule has 1 amide bonds. The van der Waals surface area contributed by atoms with Gasteiger partial charge < -0.3 is 19.9 Å². The number of benzene rings is 3. The van der Waals surface area contributed by atoms with Gasteiger partial charge in [0.2, 0.25) is 0 Å². The monoisotopic (exact) mass is 748 g/mol. The van der Waals surface area contributed by atoms with Crippen molar-refractivity contribution in [3.05, 3.63) is 83.6 Å². The van der Waals surface area contributed by atoms with Crippen LogP contribution in [0, 0.1) is 30.6 Å². The number of carboxylic acids is 1. The second kappa shape index (κ2) is 14.1. The number of aromatic nitrogens is 2. The van der Waals surface area contributed by atoms with Crippen LogP contribution in [0.4, 0.5) is 5.69 Å². The molecule has 4 aliphatic carbocycles. The van der Waals surface area contributed by atoms with Crippen molar-refractivity contribution in [2.45, 2.75) is 69.2 Å². The molecule has 0 saturated heterocycles. The van der Waals surface area contributed by atoms with E-state index in [0.29, 0.717) is 46.0 Å². The number of nitrogens with one attached hydrogen (secondary N) is 2. The quantitative estimate of drug-likeness (QED) is 0.146. The third-order valence-electron chi connectivity index (χ3n) is 11.2. The first-order valence-electron chi connectivity index (χ1n) is 17.5. The maximum Gasteiger partial charge on any atom is 0.330 e. The lowest BCUT2D eigenvalue weighted by Crippen LogP contribution is -2.70. The van der Waals surface area contributed by atoms with Crippen LogP contribution in [0.2, 0.25) is 0 Å². The first-order chi connectivity index (χ1) is 24.3. The van der Waals surface area contributed by atoms with Gasteiger partial charge in [0, 0.05) is 5.69 Å². The van der Waals surface area contributed by atoms with E-state index in [4.69, 9.17) is 14.6 Å². The molecule has 0 aliphatic heterocycles. The summed E-state index contributed by atoms with van der Waals surface area (Å²) < 4.78 is 42.4. The number of halogens is 1. The number of aliphatic carboxylic acids is 1. The summed E-state index contributed by atoms with van der Waals surface area (Å²) in [6.07, 6.45) is 4.35. The van der Waals surface area contributed by atoms with Crippen molar-refractivity contribution >= 4 is 40.0 Å². The van der Waals surface area contributed by atoms with E-state index in [1.54, 1.807) is 85.6 Å². The molecule has 1 heterocycles. The summed E-state index contributed by atoms with van der Waals surface area (Å²) >= 11 is 0. The largest absolute Gasteiger partial charge is 0.496 e. The number of anilines is 1. The second-order valence-electron chi connectivity index (χ2n) is 14.6. The Morgan fingerprint density at radius 3 is 2.04 bits per heavy atom. The Bertz CT molecular complexity index is 2060. The average molecular weight is 749 g/mol. The van der Waals surface area contributed by atoms with Crippen LogP contribution >= 0.6 is 12.4 Å². The number of nitrogens with zero attached hydrogens (tertiary/aromatic N) is 2.